The zero-order chi connectivity index (χ0) is 18.8. The van der Waals surface area contributed by atoms with Gasteiger partial charge < -0.3 is 11.1 Å². The molecule has 0 saturated carbocycles. The molecule has 0 spiro atoms. The van der Waals surface area contributed by atoms with E-state index in [9.17, 15) is 18.0 Å². The van der Waals surface area contributed by atoms with Gasteiger partial charge in [0.25, 0.3) is 5.91 Å². The topological polar surface area (TPSA) is 85.8 Å². The van der Waals surface area contributed by atoms with Crippen molar-refractivity contribution in [2.75, 3.05) is 6.54 Å². The van der Waals surface area contributed by atoms with Gasteiger partial charge in [-0.3, -0.25) is 4.79 Å². The Bertz CT molecular complexity index is 762. The summed E-state index contributed by atoms with van der Waals surface area (Å²) in [5.74, 6) is -0.486. The van der Waals surface area contributed by atoms with E-state index in [1.54, 1.807) is 6.92 Å². The molecule has 0 aliphatic carbocycles. The molecule has 1 aromatic carbocycles. The highest BCUT2D eigenvalue weighted by atomic mass is 35.5. The van der Waals surface area contributed by atoms with Gasteiger partial charge in [0, 0.05) is 6.54 Å². The van der Waals surface area contributed by atoms with Crippen LogP contribution in [-0.2, 0) is 6.18 Å². The van der Waals surface area contributed by atoms with E-state index in [0.717, 1.165) is 16.9 Å². The van der Waals surface area contributed by atoms with Crippen LogP contribution in [0.1, 0.15) is 36.8 Å². The number of carbonyl (C=O) groups excluding carboxylic acids is 1. The fraction of sp³-hybridized carbons (Fsp3) is 0.438. The van der Waals surface area contributed by atoms with Crippen molar-refractivity contribution in [3.8, 4) is 5.69 Å². The molecule has 0 aliphatic heterocycles. The standard InChI is InChI=1S/C16H20F3N5O.ClH/c1-10(2)15(3,9-20)21-14(25)12-8-24(23-22-12)13-7-5-4-6-11(13)16(17,18)19;/h4-8,10H,9,20H2,1-3H3,(H,21,25);1H. The predicted octanol–water partition coefficient (Wildman–Crippen LogP) is 2.81. The van der Waals surface area contributed by atoms with E-state index >= 15 is 0 Å². The number of aromatic nitrogens is 3. The molecule has 0 saturated heterocycles. The van der Waals surface area contributed by atoms with Crippen LogP contribution in [0.15, 0.2) is 30.5 Å². The summed E-state index contributed by atoms with van der Waals surface area (Å²) in [6, 6.07) is 4.95. The Balaban J connectivity index is 0.00000338. The van der Waals surface area contributed by atoms with E-state index < -0.39 is 23.2 Å². The van der Waals surface area contributed by atoms with E-state index in [1.807, 2.05) is 13.8 Å². The van der Waals surface area contributed by atoms with Crippen molar-refractivity contribution in [2.24, 2.45) is 11.7 Å². The van der Waals surface area contributed by atoms with Crippen molar-refractivity contribution in [3.63, 3.8) is 0 Å². The maximum atomic E-state index is 13.1. The number of alkyl halides is 3. The number of benzene rings is 1. The molecule has 1 aromatic heterocycles. The van der Waals surface area contributed by atoms with E-state index in [0.29, 0.717) is 0 Å². The number of nitrogens with zero attached hydrogens (tertiary/aromatic N) is 3. The highest BCUT2D eigenvalue weighted by Gasteiger charge is 2.34. The van der Waals surface area contributed by atoms with E-state index in [2.05, 4.69) is 15.6 Å². The Morgan fingerprint density at radius 3 is 2.46 bits per heavy atom. The Labute approximate surface area is 155 Å². The number of hydrogen-bond donors (Lipinski definition) is 2. The normalized spacial score (nSPS) is 13.8. The summed E-state index contributed by atoms with van der Waals surface area (Å²) >= 11 is 0. The minimum Gasteiger partial charge on any atom is -0.344 e. The monoisotopic (exact) mass is 391 g/mol. The number of rotatable bonds is 5. The molecule has 0 aliphatic rings. The van der Waals surface area contributed by atoms with Crippen LogP contribution in [0.3, 0.4) is 0 Å². The zero-order valence-electron chi connectivity index (χ0n) is 14.5. The predicted molar refractivity (Wildman–Crippen MR) is 93.4 cm³/mol. The molecule has 10 heteroatoms. The molecule has 0 bridgehead atoms. The van der Waals surface area contributed by atoms with Gasteiger partial charge in [-0.2, -0.15) is 13.2 Å². The first-order valence-electron chi connectivity index (χ1n) is 7.70. The molecule has 0 radical (unpaired) electrons. The van der Waals surface area contributed by atoms with Crippen LogP contribution in [0.4, 0.5) is 13.2 Å². The van der Waals surface area contributed by atoms with Crippen molar-refractivity contribution in [2.45, 2.75) is 32.5 Å². The third-order valence-electron chi connectivity index (χ3n) is 4.28. The fourth-order valence-electron chi connectivity index (χ4n) is 2.15. The van der Waals surface area contributed by atoms with E-state index in [-0.39, 0.29) is 36.3 Å². The number of para-hydroxylation sites is 1. The van der Waals surface area contributed by atoms with Crippen molar-refractivity contribution in [1.82, 2.24) is 20.3 Å². The lowest BCUT2D eigenvalue weighted by molar-refractivity contribution is -0.137. The zero-order valence-corrected chi connectivity index (χ0v) is 15.4. The molecule has 3 N–H and O–H groups in total. The summed E-state index contributed by atoms with van der Waals surface area (Å²) in [6.45, 7) is 5.81. The Kier molecular flexibility index (Phi) is 6.78. The van der Waals surface area contributed by atoms with Crippen LogP contribution >= 0.6 is 12.4 Å². The van der Waals surface area contributed by atoms with Crippen LogP contribution in [0, 0.1) is 5.92 Å². The Morgan fingerprint density at radius 2 is 1.92 bits per heavy atom. The lowest BCUT2D eigenvalue weighted by Crippen LogP contribution is -2.55. The van der Waals surface area contributed by atoms with Crippen LogP contribution in [0.5, 0.6) is 0 Å². The summed E-state index contributed by atoms with van der Waals surface area (Å²) in [4.78, 5) is 12.3. The molecule has 26 heavy (non-hydrogen) atoms. The summed E-state index contributed by atoms with van der Waals surface area (Å²) in [5, 5.41) is 10.1. The lowest BCUT2D eigenvalue weighted by Gasteiger charge is -2.33. The highest BCUT2D eigenvalue weighted by molar-refractivity contribution is 5.92. The first-order chi connectivity index (χ1) is 11.6. The maximum Gasteiger partial charge on any atom is 0.418 e. The maximum absolute atomic E-state index is 13.1. The van der Waals surface area contributed by atoms with Crippen molar-refractivity contribution < 1.29 is 18.0 Å². The molecule has 1 heterocycles. The summed E-state index contributed by atoms with van der Waals surface area (Å²) in [6.07, 6.45) is -3.38. The Hall–Kier alpha value is -2.13. The second kappa shape index (κ2) is 8.05. The van der Waals surface area contributed by atoms with Crippen LogP contribution in [0.2, 0.25) is 0 Å². The van der Waals surface area contributed by atoms with Crippen LogP contribution in [-0.4, -0.2) is 33.0 Å². The molecule has 1 amide bonds. The fourth-order valence-corrected chi connectivity index (χ4v) is 2.15. The van der Waals surface area contributed by atoms with Gasteiger partial charge in [0.1, 0.15) is 0 Å². The summed E-state index contributed by atoms with van der Waals surface area (Å²) in [5.41, 5.74) is 3.91. The van der Waals surface area contributed by atoms with Crippen LogP contribution < -0.4 is 11.1 Å². The molecule has 2 rings (SSSR count). The molecular formula is C16H21ClF3N5O. The first-order valence-corrected chi connectivity index (χ1v) is 7.70. The van der Waals surface area contributed by atoms with E-state index in [1.165, 1.54) is 18.2 Å². The number of halogens is 4. The number of hydrogen-bond acceptors (Lipinski definition) is 4. The van der Waals surface area contributed by atoms with Crippen molar-refractivity contribution >= 4 is 18.3 Å². The van der Waals surface area contributed by atoms with Crippen molar-refractivity contribution in [3.05, 3.63) is 41.7 Å². The number of nitrogens with two attached hydrogens (primary N) is 1. The minimum atomic E-state index is -4.54. The summed E-state index contributed by atoms with van der Waals surface area (Å²) < 4.78 is 40.2. The number of nitrogens with one attached hydrogen (secondary N) is 1. The number of carbonyl (C=O) groups is 1. The molecular weight excluding hydrogens is 371 g/mol. The largest absolute Gasteiger partial charge is 0.418 e. The van der Waals surface area contributed by atoms with Gasteiger partial charge in [0.2, 0.25) is 0 Å². The summed E-state index contributed by atoms with van der Waals surface area (Å²) in [7, 11) is 0. The second-order valence-corrected chi connectivity index (χ2v) is 6.29. The smallest absolute Gasteiger partial charge is 0.344 e. The SMILES string of the molecule is CC(C)C(C)(CN)NC(=O)c1cn(-c2ccccc2C(F)(F)F)nn1.Cl. The average Bonchev–Trinajstić information content (AvgIpc) is 3.03. The van der Waals surface area contributed by atoms with Gasteiger partial charge in [-0.15, -0.1) is 17.5 Å². The van der Waals surface area contributed by atoms with Gasteiger partial charge in [-0.25, -0.2) is 4.68 Å². The van der Waals surface area contributed by atoms with Crippen LogP contribution in [0.25, 0.3) is 5.69 Å². The van der Waals surface area contributed by atoms with Gasteiger partial charge in [-0.05, 0) is 25.0 Å². The Morgan fingerprint density at radius 1 is 1.31 bits per heavy atom. The number of amides is 1. The molecule has 1 unspecified atom stereocenters. The van der Waals surface area contributed by atoms with Gasteiger partial charge in [0.15, 0.2) is 5.69 Å². The molecule has 0 fully saturated rings. The molecule has 1 atom stereocenters. The third-order valence-corrected chi connectivity index (χ3v) is 4.28. The first kappa shape index (κ1) is 21.9. The highest BCUT2D eigenvalue weighted by Crippen LogP contribution is 2.33. The molecule has 2 aromatic rings. The van der Waals surface area contributed by atoms with Gasteiger partial charge in [-0.1, -0.05) is 31.2 Å². The minimum absolute atomic E-state index is 0. The second-order valence-electron chi connectivity index (χ2n) is 6.29. The quantitative estimate of drug-likeness (QED) is 0.820. The van der Waals surface area contributed by atoms with E-state index in [4.69, 9.17) is 5.73 Å². The van der Waals surface area contributed by atoms with Gasteiger partial charge >= 0.3 is 6.18 Å². The van der Waals surface area contributed by atoms with Gasteiger partial charge in [0.05, 0.1) is 23.0 Å². The van der Waals surface area contributed by atoms with Crippen molar-refractivity contribution in [1.29, 1.82) is 0 Å². The molecule has 6 nitrogen and oxygen atoms in total. The third kappa shape index (κ3) is 4.53. The average molecular weight is 392 g/mol. The lowest BCUT2D eigenvalue weighted by atomic mass is 9.88. The molecule has 144 valence electrons.